The fourth-order valence-corrected chi connectivity index (χ4v) is 1.79. The molecule has 0 fully saturated rings. The maximum Gasteiger partial charge on any atom is 0.142 e. The van der Waals surface area contributed by atoms with Crippen LogP contribution in [-0.4, -0.2) is 7.11 Å². The van der Waals surface area contributed by atoms with Gasteiger partial charge in [0.05, 0.1) is 12.8 Å². The van der Waals surface area contributed by atoms with E-state index in [1.165, 1.54) is 12.1 Å². The van der Waals surface area contributed by atoms with Gasteiger partial charge < -0.3 is 10.1 Å². The molecule has 1 N–H and O–H groups in total. The van der Waals surface area contributed by atoms with E-state index in [0.717, 1.165) is 17.0 Å². The van der Waals surface area contributed by atoms with E-state index in [9.17, 15) is 4.39 Å². The van der Waals surface area contributed by atoms with E-state index in [2.05, 4.69) is 5.32 Å². The highest BCUT2D eigenvalue weighted by atomic mass is 35.5. The Balaban J connectivity index is 2.09. The number of hydrogen-bond donors (Lipinski definition) is 1. The van der Waals surface area contributed by atoms with E-state index < -0.39 is 0 Å². The topological polar surface area (TPSA) is 21.3 Å². The summed E-state index contributed by atoms with van der Waals surface area (Å²) in [5.74, 6) is 0.487. The molecule has 0 aliphatic carbocycles. The van der Waals surface area contributed by atoms with Crippen LogP contribution in [0.15, 0.2) is 42.5 Å². The van der Waals surface area contributed by atoms with Crippen LogP contribution in [0, 0.1) is 5.82 Å². The van der Waals surface area contributed by atoms with Gasteiger partial charge in [0.1, 0.15) is 11.6 Å². The minimum absolute atomic E-state index is 0.237. The number of methoxy groups -OCH3 is 1. The Hall–Kier alpha value is -1.74. The molecule has 2 aromatic rings. The Morgan fingerprint density at radius 3 is 2.56 bits per heavy atom. The van der Waals surface area contributed by atoms with Crippen molar-refractivity contribution < 1.29 is 9.13 Å². The van der Waals surface area contributed by atoms with Gasteiger partial charge in [-0.2, -0.15) is 0 Å². The van der Waals surface area contributed by atoms with Crippen molar-refractivity contribution in [1.82, 2.24) is 0 Å². The zero-order chi connectivity index (χ0) is 13.0. The van der Waals surface area contributed by atoms with E-state index in [0.29, 0.717) is 11.6 Å². The lowest BCUT2D eigenvalue weighted by molar-refractivity contribution is 0.416. The second-order valence-corrected chi connectivity index (χ2v) is 4.26. The van der Waals surface area contributed by atoms with Crippen molar-refractivity contribution >= 4 is 17.3 Å². The Morgan fingerprint density at radius 2 is 1.89 bits per heavy atom. The predicted octanol–water partition coefficient (Wildman–Crippen LogP) is 4.10. The highest BCUT2D eigenvalue weighted by Gasteiger charge is 2.03. The molecule has 2 nitrogen and oxygen atoms in total. The molecule has 0 unspecified atom stereocenters. The van der Waals surface area contributed by atoms with Crippen molar-refractivity contribution in [3.05, 3.63) is 58.9 Å². The Labute approximate surface area is 110 Å². The van der Waals surface area contributed by atoms with E-state index in [-0.39, 0.29) is 5.82 Å². The second kappa shape index (κ2) is 5.74. The van der Waals surface area contributed by atoms with Crippen LogP contribution in [0.1, 0.15) is 5.56 Å². The summed E-state index contributed by atoms with van der Waals surface area (Å²) in [7, 11) is 1.60. The van der Waals surface area contributed by atoms with Crippen LogP contribution in [-0.2, 0) is 6.54 Å². The number of halogens is 2. The summed E-state index contributed by atoms with van der Waals surface area (Å²) in [5.41, 5.74) is 1.80. The van der Waals surface area contributed by atoms with E-state index in [1.54, 1.807) is 37.4 Å². The smallest absolute Gasteiger partial charge is 0.142 e. The third kappa shape index (κ3) is 3.14. The molecule has 0 spiro atoms. The van der Waals surface area contributed by atoms with Gasteiger partial charge in [-0.15, -0.1) is 0 Å². The molecular formula is C14H13ClFNO. The fraction of sp³-hybridized carbons (Fsp3) is 0.143. The van der Waals surface area contributed by atoms with Crippen LogP contribution in [0.4, 0.5) is 10.1 Å². The maximum atomic E-state index is 12.8. The van der Waals surface area contributed by atoms with Crippen LogP contribution in [0.2, 0.25) is 5.02 Å². The maximum absolute atomic E-state index is 12.8. The molecule has 0 aliphatic rings. The normalized spacial score (nSPS) is 10.2. The summed E-state index contributed by atoms with van der Waals surface area (Å²) < 4.78 is 18.0. The minimum Gasteiger partial charge on any atom is -0.495 e. The average molecular weight is 266 g/mol. The van der Waals surface area contributed by atoms with Crippen molar-refractivity contribution in [2.24, 2.45) is 0 Å². The third-order valence-corrected chi connectivity index (χ3v) is 2.79. The Bertz CT molecular complexity index is 528. The third-order valence-electron chi connectivity index (χ3n) is 2.56. The summed E-state index contributed by atoms with van der Waals surface area (Å²) in [6.45, 7) is 0.580. The van der Waals surface area contributed by atoms with E-state index >= 15 is 0 Å². The van der Waals surface area contributed by atoms with Crippen LogP contribution in [0.25, 0.3) is 0 Å². The Morgan fingerprint density at radius 1 is 1.17 bits per heavy atom. The van der Waals surface area contributed by atoms with Crippen LogP contribution < -0.4 is 10.1 Å². The summed E-state index contributed by atoms with van der Waals surface area (Å²) in [6, 6.07) is 11.7. The van der Waals surface area contributed by atoms with Gasteiger partial charge in [-0.3, -0.25) is 0 Å². The summed E-state index contributed by atoms with van der Waals surface area (Å²) in [5, 5.41) is 3.85. The number of benzene rings is 2. The molecule has 0 saturated heterocycles. The molecule has 18 heavy (non-hydrogen) atoms. The number of nitrogens with one attached hydrogen (secondary N) is 1. The molecule has 0 bridgehead atoms. The first-order chi connectivity index (χ1) is 8.69. The lowest BCUT2D eigenvalue weighted by Crippen LogP contribution is -2.01. The monoisotopic (exact) mass is 265 g/mol. The molecule has 2 rings (SSSR count). The average Bonchev–Trinajstić information content (AvgIpc) is 2.38. The van der Waals surface area contributed by atoms with Gasteiger partial charge >= 0.3 is 0 Å². The highest BCUT2D eigenvalue weighted by molar-refractivity contribution is 6.30. The molecule has 0 radical (unpaired) electrons. The van der Waals surface area contributed by atoms with Crippen molar-refractivity contribution in [3.8, 4) is 5.75 Å². The van der Waals surface area contributed by atoms with Gasteiger partial charge in [0, 0.05) is 11.6 Å². The molecule has 0 heterocycles. The summed E-state index contributed by atoms with van der Waals surface area (Å²) in [6.07, 6.45) is 0. The first-order valence-corrected chi connectivity index (χ1v) is 5.88. The number of rotatable bonds is 4. The van der Waals surface area contributed by atoms with Crippen molar-refractivity contribution in [2.75, 3.05) is 12.4 Å². The van der Waals surface area contributed by atoms with Crippen molar-refractivity contribution in [3.63, 3.8) is 0 Å². The molecule has 4 heteroatoms. The van der Waals surface area contributed by atoms with Crippen molar-refractivity contribution in [1.29, 1.82) is 0 Å². The summed E-state index contributed by atoms with van der Waals surface area (Å²) in [4.78, 5) is 0. The van der Waals surface area contributed by atoms with Crippen molar-refractivity contribution in [2.45, 2.75) is 6.54 Å². The molecule has 0 aromatic heterocycles. The molecule has 0 saturated carbocycles. The quantitative estimate of drug-likeness (QED) is 0.899. The standard InChI is InChI=1S/C14H13ClFNO/c1-18-14-7-4-11(15)8-13(14)17-9-10-2-5-12(16)6-3-10/h2-8,17H,9H2,1H3. The van der Waals surface area contributed by atoms with E-state index in [1.807, 2.05) is 0 Å². The Kier molecular flexibility index (Phi) is 4.05. The highest BCUT2D eigenvalue weighted by Crippen LogP contribution is 2.28. The largest absolute Gasteiger partial charge is 0.495 e. The van der Waals surface area contributed by atoms with Gasteiger partial charge in [0.25, 0.3) is 0 Å². The molecule has 0 amide bonds. The molecular weight excluding hydrogens is 253 g/mol. The van der Waals surface area contributed by atoms with Gasteiger partial charge in [-0.25, -0.2) is 4.39 Å². The first kappa shape index (κ1) is 12.7. The lowest BCUT2D eigenvalue weighted by atomic mass is 10.2. The zero-order valence-electron chi connectivity index (χ0n) is 9.91. The number of ether oxygens (including phenoxy) is 1. The van der Waals surface area contributed by atoms with Gasteiger partial charge in [0.15, 0.2) is 0 Å². The number of hydrogen-bond acceptors (Lipinski definition) is 2. The molecule has 0 aliphatic heterocycles. The van der Waals surface area contributed by atoms with Crippen LogP contribution in [0.3, 0.4) is 0 Å². The molecule has 2 aromatic carbocycles. The lowest BCUT2D eigenvalue weighted by Gasteiger charge is -2.11. The predicted molar refractivity (Wildman–Crippen MR) is 71.7 cm³/mol. The van der Waals surface area contributed by atoms with Crippen LogP contribution >= 0.6 is 11.6 Å². The summed E-state index contributed by atoms with van der Waals surface area (Å²) >= 11 is 5.93. The fourth-order valence-electron chi connectivity index (χ4n) is 1.62. The zero-order valence-corrected chi connectivity index (χ0v) is 10.7. The molecule has 0 atom stereocenters. The van der Waals surface area contributed by atoms with Crippen LogP contribution in [0.5, 0.6) is 5.75 Å². The minimum atomic E-state index is -0.237. The molecule has 94 valence electrons. The van der Waals surface area contributed by atoms with Gasteiger partial charge in [-0.05, 0) is 35.9 Å². The number of anilines is 1. The first-order valence-electron chi connectivity index (χ1n) is 5.51. The van der Waals surface area contributed by atoms with Gasteiger partial charge in [-0.1, -0.05) is 23.7 Å². The SMILES string of the molecule is COc1ccc(Cl)cc1NCc1ccc(F)cc1. The van der Waals surface area contributed by atoms with E-state index in [4.69, 9.17) is 16.3 Å². The van der Waals surface area contributed by atoms with Gasteiger partial charge in [0.2, 0.25) is 0 Å². The second-order valence-electron chi connectivity index (χ2n) is 3.82.